The van der Waals surface area contributed by atoms with Crippen LogP contribution in [0.25, 0.3) is 0 Å². The minimum atomic E-state index is -0.596. The van der Waals surface area contributed by atoms with Crippen LogP contribution in [-0.2, 0) is 14.3 Å². The molecule has 2 aromatic carbocycles. The molecule has 0 radical (unpaired) electrons. The van der Waals surface area contributed by atoms with Crippen molar-refractivity contribution in [2.45, 2.75) is 6.42 Å². The van der Waals surface area contributed by atoms with Crippen LogP contribution in [0.4, 0.5) is 5.69 Å². The Morgan fingerprint density at radius 2 is 1.74 bits per heavy atom. The lowest BCUT2D eigenvalue weighted by molar-refractivity contribution is -0.147. The first-order chi connectivity index (χ1) is 13.0. The van der Waals surface area contributed by atoms with Crippen molar-refractivity contribution in [2.24, 2.45) is 0 Å². The lowest BCUT2D eigenvalue weighted by Gasteiger charge is -2.10. The van der Waals surface area contributed by atoms with E-state index < -0.39 is 18.5 Å². The Bertz CT molecular complexity index is 808. The molecule has 0 atom stereocenters. The Kier molecular flexibility index (Phi) is 7.63. The number of carbonyl (C=O) groups excluding carboxylic acids is 3. The summed E-state index contributed by atoms with van der Waals surface area (Å²) < 4.78 is 10.0. The second-order valence-corrected chi connectivity index (χ2v) is 5.86. The number of carbonyl (C=O) groups is 3. The number of ether oxygens (including phenoxy) is 2. The first-order valence-electron chi connectivity index (χ1n) is 8.12. The number of hydrogen-bond donors (Lipinski definition) is 2. The van der Waals surface area contributed by atoms with Gasteiger partial charge in [-0.2, -0.15) is 0 Å². The highest BCUT2D eigenvalue weighted by molar-refractivity contribution is 6.30. The van der Waals surface area contributed by atoms with Crippen molar-refractivity contribution in [2.75, 3.05) is 25.6 Å². The number of anilines is 1. The summed E-state index contributed by atoms with van der Waals surface area (Å²) in [5, 5.41) is 5.72. The number of amides is 2. The quantitative estimate of drug-likeness (QED) is 0.676. The Hall–Kier alpha value is -3.06. The molecule has 0 bridgehead atoms. The van der Waals surface area contributed by atoms with E-state index in [1.165, 1.54) is 7.11 Å². The number of benzene rings is 2. The van der Waals surface area contributed by atoms with Gasteiger partial charge in [-0.25, -0.2) is 0 Å². The summed E-state index contributed by atoms with van der Waals surface area (Å²) in [6, 6.07) is 13.3. The van der Waals surface area contributed by atoms with Gasteiger partial charge in [-0.3, -0.25) is 14.4 Å². The molecule has 0 spiro atoms. The highest BCUT2D eigenvalue weighted by Crippen LogP contribution is 2.22. The second kappa shape index (κ2) is 10.2. The third-order valence-electron chi connectivity index (χ3n) is 3.47. The first kappa shape index (κ1) is 20.3. The van der Waals surface area contributed by atoms with E-state index in [-0.39, 0.29) is 18.9 Å². The third kappa shape index (κ3) is 6.63. The van der Waals surface area contributed by atoms with E-state index in [1.54, 1.807) is 48.5 Å². The molecule has 142 valence electrons. The summed E-state index contributed by atoms with van der Waals surface area (Å²) >= 11 is 5.76. The van der Waals surface area contributed by atoms with Crippen LogP contribution in [0.1, 0.15) is 16.8 Å². The Balaban J connectivity index is 1.69. The van der Waals surface area contributed by atoms with Gasteiger partial charge in [0.25, 0.3) is 11.8 Å². The molecule has 0 unspecified atom stereocenters. The van der Waals surface area contributed by atoms with Crippen molar-refractivity contribution in [1.29, 1.82) is 0 Å². The lowest BCUT2D eigenvalue weighted by atomic mass is 10.2. The number of esters is 1. The van der Waals surface area contributed by atoms with Crippen molar-refractivity contribution in [3.05, 3.63) is 59.1 Å². The molecule has 0 heterocycles. The number of hydrogen-bond acceptors (Lipinski definition) is 5. The molecule has 0 aromatic heterocycles. The van der Waals surface area contributed by atoms with Gasteiger partial charge in [0.1, 0.15) is 5.75 Å². The fraction of sp³-hybridized carbons (Fsp3) is 0.211. The van der Waals surface area contributed by atoms with Crippen molar-refractivity contribution in [3.8, 4) is 5.75 Å². The Labute approximate surface area is 161 Å². The van der Waals surface area contributed by atoms with Gasteiger partial charge >= 0.3 is 5.97 Å². The SMILES string of the molecule is COc1ccccc1NC(=O)COC(=O)CCNC(=O)c1ccc(Cl)cc1. The van der Waals surface area contributed by atoms with Gasteiger partial charge < -0.3 is 20.1 Å². The molecule has 27 heavy (non-hydrogen) atoms. The number of halogens is 1. The van der Waals surface area contributed by atoms with E-state index in [2.05, 4.69) is 10.6 Å². The summed E-state index contributed by atoms with van der Waals surface area (Å²) in [6.45, 7) is -0.337. The minimum absolute atomic E-state index is 0.0543. The summed E-state index contributed by atoms with van der Waals surface area (Å²) in [4.78, 5) is 35.4. The predicted octanol–water partition coefficient (Wildman–Crippen LogP) is 2.65. The minimum Gasteiger partial charge on any atom is -0.495 e. The van der Waals surface area contributed by atoms with Gasteiger partial charge in [-0.1, -0.05) is 23.7 Å². The maximum absolute atomic E-state index is 11.9. The Morgan fingerprint density at radius 1 is 1.04 bits per heavy atom. The zero-order valence-corrected chi connectivity index (χ0v) is 15.4. The van der Waals surface area contributed by atoms with Crippen LogP contribution < -0.4 is 15.4 Å². The molecule has 0 saturated carbocycles. The molecule has 2 N–H and O–H groups in total. The Morgan fingerprint density at radius 3 is 2.44 bits per heavy atom. The molecule has 2 amide bonds. The van der Waals surface area contributed by atoms with Crippen molar-refractivity contribution >= 4 is 35.1 Å². The molecule has 0 saturated heterocycles. The normalized spacial score (nSPS) is 10.0. The van der Waals surface area contributed by atoms with Crippen LogP contribution in [0, 0.1) is 0 Å². The molecular weight excluding hydrogens is 372 g/mol. The topological polar surface area (TPSA) is 93.7 Å². The summed E-state index contributed by atoms with van der Waals surface area (Å²) in [7, 11) is 1.49. The summed E-state index contributed by atoms with van der Waals surface area (Å²) in [5.41, 5.74) is 0.917. The van der Waals surface area contributed by atoms with Gasteiger partial charge in [-0.15, -0.1) is 0 Å². The smallest absolute Gasteiger partial charge is 0.308 e. The average Bonchev–Trinajstić information content (AvgIpc) is 2.67. The molecule has 0 fully saturated rings. The second-order valence-electron chi connectivity index (χ2n) is 5.42. The number of rotatable bonds is 8. The monoisotopic (exact) mass is 390 g/mol. The van der Waals surface area contributed by atoms with Crippen molar-refractivity contribution in [1.82, 2.24) is 5.32 Å². The predicted molar refractivity (Wildman–Crippen MR) is 101 cm³/mol. The number of para-hydroxylation sites is 2. The molecule has 2 aromatic rings. The maximum atomic E-state index is 11.9. The van der Waals surface area contributed by atoms with Crippen LogP contribution in [0.3, 0.4) is 0 Å². The summed E-state index contributed by atoms with van der Waals surface area (Å²) in [6.07, 6.45) is -0.0543. The van der Waals surface area contributed by atoms with E-state index in [1.807, 2.05) is 0 Å². The fourth-order valence-electron chi connectivity index (χ4n) is 2.13. The van der Waals surface area contributed by atoms with E-state index in [9.17, 15) is 14.4 Å². The van der Waals surface area contributed by atoms with E-state index in [0.717, 1.165) is 0 Å². The van der Waals surface area contributed by atoms with Crippen molar-refractivity contribution < 1.29 is 23.9 Å². The van der Waals surface area contributed by atoms with Crippen LogP contribution in [-0.4, -0.2) is 38.0 Å². The molecule has 2 rings (SSSR count). The zero-order chi connectivity index (χ0) is 19.6. The van der Waals surface area contributed by atoms with E-state index in [4.69, 9.17) is 21.1 Å². The molecule has 0 aliphatic carbocycles. The average molecular weight is 391 g/mol. The van der Waals surface area contributed by atoms with Gasteiger partial charge in [0.2, 0.25) is 0 Å². The number of methoxy groups -OCH3 is 1. The highest BCUT2D eigenvalue weighted by Gasteiger charge is 2.11. The van der Waals surface area contributed by atoms with E-state index in [0.29, 0.717) is 22.0 Å². The van der Waals surface area contributed by atoms with Gasteiger partial charge in [0.05, 0.1) is 19.2 Å². The molecular formula is C19H19ClN2O5. The molecule has 7 nitrogen and oxygen atoms in total. The molecule has 8 heteroatoms. The third-order valence-corrected chi connectivity index (χ3v) is 3.72. The first-order valence-corrected chi connectivity index (χ1v) is 8.49. The van der Waals surface area contributed by atoms with Crippen molar-refractivity contribution in [3.63, 3.8) is 0 Å². The summed E-state index contributed by atoms with van der Waals surface area (Å²) in [5.74, 6) is -0.907. The zero-order valence-electron chi connectivity index (χ0n) is 14.7. The van der Waals surface area contributed by atoms with Gasteiger partial charge in [0, 0.05) is 17.1 Å². The number of nitrogens with one attached hydrogen (secondary N) is 2. The standard InChI is InChI=1S/C19H19ClN2O5/c1-26-16-5-3-2-4-15(16)22-17(23)12-27-18(24)10-11-21-19(25)13-6-8-14(20)9-7-13/h2-9H,10-12H2,1H3,(H,21,25)(H,22,23). The molecule has 0 aliphatic heterocycles. The maximum Gasteiger partial charge on any atom is 0.308 e. The fourth-order valence-corrected chi connectivity index (χ4v) is 2.26. The van der Waals surface area contributed by atoms with Crippen LogP contribution >= 0.6 is 11.6 Å². The highest BCUT2D eigenvalue weighted by atomic mass is 35.5. The largest absolute Gasteiger partial charge is 0.495 e. The van der Waals surface area contributed by atoms with Crippen LogP contribution in [0.15, 0.2) is 48.5 Å². The van der Waals surface area contributed by atoms with Crippen LogP contribution in [0.5, 0.6) is 5.75 Å². The van der Waals surface area contributed by atoms with Crippen LogP contribution in [0.2, 0.25) is 5.02 Å². The van der Waals surface area contributed by atoms with Gasteiger partial charge in [-0.05, 0) is 36.4 Å². The molecule has 0 aliphatic rings. The lowest BCUT2D eigenvalue weighted by Crippen LogP contribution is -2.27. The van der Waals surface area contributed by atoms with Gasteiger partial charge in [0.15, 0.2) is 6.61 Å². The van der Waals surface area contributed by atoms with E-state index >= 15 is 0 Å².